The van der Waals surface area contributed by atoms with Crippen molar-refractivity contribution in [2.75, 3.05) is 7.11 Å². The normalized spacial score (nSPS) is 10.3. The highest BCUT2D eigenvalue weighted by atomic mass is 127. The van der Waals surface area contributed by atoms with Gasteiger partial charge in [0.25, 0.3) is 0 Å². The number of esters is 1. The Labute approximate surface area is 124 Å². The first-order valence-electron chi connectivity index (χ1n) is 5.66. The SMILES string of the molecule is COC(=O)c1cc(I)cc(-c2ccc(C)cc2F)c1. The number of aryl methyl sites for hydroxylation is 1. The quantitative estimate of drug-likeness (QED) is 0.585. The molecule has 0 saturated carbocycles. The van der Waals surface area contributed by atoms with Crippen LogP contribution in [0, 0.1) is 16.3 Å². The van der Waals surface area contributed by atoms with Crippen molar-refractivity contribution < 1.29 is 13.9 Å². The fourth-order valence-corrected chi connectivity index (χ4v) is 2.51. The van der Waals surface area contributed by atoms with E-state index in [-0.39, 0.29) is 5.82 Å². The van der Waals surface area contributed by atoms with E-state index in [0.29, 0.717) is 16.7 Å². The minimum Gasteiger partial charge on any atom is -0.465 e. The van der Waals surface area contributed by atoms with Crippen LogP contribution in [0.1, 0.15) is 15.9 Å². The molecule has 0 unspecified atom stereocenters. The molecule has 98 valence electrons. The molecule has 4 heteroatoms. The van der Waals surface area contributed by atoms with Crippen molar-refractivity contribution >= 4 is 28.6 Å². The smallest absolute Gasteiger partial charge is 0.337 e. The van der Waals surface area contributed by atoms with E-state index in [1.807, 2.05) is 19.1 Å². The third kappa shape index (κ3) is 3.12. The molecule has 0 spiro atoms. The summed E-state index contributed by atoms with van der Waals surface area (Å²) >= 11 is 2.10. The van der Waals surface area contributed by atoms with E-state index in [1.54, 1.807) is 18.2 Å². The summed E-state index contributed by atoms with van der Waals surface area (Å²) in [6.07, 6.45) is 0. The van der Waals surface area contributed by atoms with Crippen molar-refractivity contribution in [2.24, 2.45) is 0 Å². The third-order valence-corrected chi connectivity index (χ3v) is 3.38. The molecular weight excluding hydrogens is 358 g/mol. The molecule has 0 heterocycles. The topological polar surface area (TPSA) is 26.3 Å². The summed E-state index contributed by atoms with van der Waals surface area (Å²) in [7, 11) is 1.33. The Morgan fingerprint density at radius 3 is 2.58 bits per heavy atom. The maximum Gasteiger partial charge on any atom is 0.337 e. The van der Waals surface area contributed by atoms with Gasteiger partial charge in [-0.2, -0.15) is 0 Å². The summed E-state index contributed by atoms with van der Waals surface area (Å²) in [6.45, 7) is 1.83. The maximum absolute atomic E-state index is 14.0. The fraction of sp³-hybridized carbons (Fsp3) is 0.133. The number of rotatable bonds is 2. The summed E-state index contributed by atoms with van der Waals surface area (Å²) in [4.78, 5) is 11.6. The van der Waals surface area contributed by atoms with Crippen LogP contribution in [0.25, 0.3) is 11.1 Å². The molecule has 0 radical (unpaired) electrons. The van der Waals surface area contributed by atoms with E-state index in [0.717, 1.165) is 9.13 Å². The van der Waals surface area contributed by atoms with Gasteiger partial charge in [-0.15, -0.1) is 0 Å². The van der Waals surface area contributed by atoms with Crippen LogP contribution >= 0.6 is 22.6 Å². The zero-order chi connectivity index (χ0) is 14.0. The van der Waals surface area contributed by atoms with Crippen LogP contribution < -0.4 is 0 Å². The number of carbonyl (C=O) groups is 1. The van der Waals surface area contributed by atoms with E-state index in [9.17, 15) is 9.18 Å². The summed E-state index contributed by atoms with van der Waals surface area (Å²) in [5.41, 5.74) is 2.43. The van der Waals surface area contributed by atoms with Crippen molar-refractivity contribution in [2.45, 2.75) is 6.92 Å². The molecule has 0 aromatic heterocycles. The van der Waals surface area contributed by atoms with E-state index in [4.69, 9.17) is 4.74 Å². The minimum absolute atomic E-state index is 0.294. The number of ether oxygens (including phenoxy) is 1. The second-order valence-corrected chi connectivity index (χ2v) is 5.45. The Balaban J connectivity index is 2.56. The van der Waals surface area contributed by atoms with Crippen molar-refractivity contribution in [3.63, 3.8) is 0 Å². The van der Waals surface area contributed by atoms with E-state index < -0.39 is 5.97 Å². The summed E-state index contributed by atoms with van der Waals surface area (Å²) in [6, 6.07) is 10.2. The molecular formula is C15H12FIO2. The highest BCUT2D eigenvalue weighted by Gasteiger charge is 2.11. The lowest BCUT2D eigenvalue weighted by Crippen LogP contribution is -2.02. The molecule has 19 heavy (non-hydrogen) atoms. The molecule has 0 atom stereocenters. The van der Waals surface area contributed by atoms with Gasteiger partial charge >= 0.3 is 5.97 Å². The minimum atomic E-state index is -0.424. The van der Waals surface area contributed by atoms with Crippen molar-refractivity contribution in [1.82, 2.24) is 0 Å². The van der Waals surface area contributed by atoms with Gasteiger partial charge in [0.15, 0.2) is 0 Å². The van der Waals surface area contributed by atoms with E-state index >= 15 is 0 Å². The molecule has 0 aliphatic rings. The molecule has 0 amide bonds. The average Bonchev–Trinajstić information content (AvgIpc) is 2.37. The van der Waals surface area contributed by atoms with Gasteiger partial charge in [-0.05, 0) is 64.9 Å². The number of halogens is 2. The van der Waals surface area contributed by atoms with Gasteiger partial charge in [0.1, 0.15) is 5.82 Å². The first-order chi connectivity index (χ1) is 9.01. The summed E-state index contributed by atoms with van der Waals surface area (Å²) in [5.74, 6) is -0.717. The molecule has 2 aromatic carbocycles. The van der Waals surface area contributed by atoms with Crippen LogP contribution in [-0.2, 0) is 4.74 Å². The lowest BCUT2D eigenvalue weighted by atomic mass is 10.0. The molecule has 0 N–H and O–H groups in total. The van der Waals surface area contributed by atoms with Crippen molar-refractivity contribution in [3.8, 4) is 11.1 Å². The summed E-state index contributed by atoms with van der Waals surface area (Å²) < 4.78 is 19.5. The zero-order valence-electron chi connectivity index (χ0n) is 10.5. The third-order valence-electron chi connectivity index (χ3n) is 2.75. The van der Waals surface area contributed by atoms with Crippen LogP contribution in [0.15, 0.2) is 36.4 Å². The Kier molecular flexibility index (Phi) is 4.19. The van der Waals surface area contributed by atoms with Gasteiger partial charge in [0.2, 0.25) is 0 Å². The van der Waals surface area contributed by atoms with Crippen molar-refractivity contribution in [3.05, 3.63) is 56.9 Å². The first-order valence-corrected chi connectivity index (χ1v) is 6.74. The average molecular weight is 370 g/mol. The van der Waals surface area contributed by atoms with Crippen LogP contribution in [0.4, 0.5) is 4.39 Å². The van der Waals surface area contributed by atoms with Crippen LogP contribution in [0.2, 0.25) is 0 Å². The Hall–Kier alpha value is -1.43. The number of hydrogen-bond donors (Lipinski definition) is 0. The molecule has 0 fully saturated rings. The lowest BCUT2D eigenvalue weighted by Gasteiger charge is -2.08. The molecule has 0 saturated heterocycles. The highest BCUT2D eigenvalue weighted by Crippen LogP contribution is 2.26. The molecule has 0 aliphatic heterocycles. The number of carbonyl (C=O) groups excluding carboxylic acids is 1. The molecule has 0 aliphatic carbocycles. The Morgan fingerprint density at radius 1 is 1.21 bits per heavy atom. The van der Waals surface area contributed by atoms with Crippen LogP contribution in [-0.4, -0.2) is 13.1 Å². The number of benzene rings is 2. The highest BCUT2D eigenvalue weighted by molar-refractivity contribution is 14.1. The monoisotopic (exact) mass is 370 g/mol. The van der Waals surface area contributed by atoms with Gasteiger partial charge in [-0.1, -0.05) is 12.1 Å². The van der Waals surface area contributed by atoms with Crippen LogP contribution in [0.3, 0.4) is 0 Å². The first kappa shape index (κ1) is 14.0. The van der Waals surface area contributed by atoms with Gasteiger partial charge in [0, 0.05) is 9.13 Å². The standard InChI is InChI=1S/C15H12FIO2/c1-9-3-4-13(14(16)5-9)10-6-11(15(18)19-2)8-12(17)7-10/h3-8H,1-2H3. The second-order valence-electron chi connectivity index (χ2n) is 4.20. The van der Waals surface area contributed by atoms with Crippen LogP contribution in [0.5, 0.6) is 0 Å². The molecule has 2 rings (SSSR count). The predicted octanol–water partition coefficient (Wildman–Crippen LogP) is 4.19. The van der Waals surface area contributed by atoms with Gasteiger partial charge in [0.05, 0.1) is 12.7 Å². The number of hydrogen-bond acceptors (Lipinski definition) is 2. The largest absolute Gasteiger partial charge is 0.465 e. The van der Waals surface area contributed by atoms with E-state index in [2.05, 4.69) is 22.6 Å². The molecule has 2 aromatic rings. The van der Waals surface area contributed by atoms with E-state index in [1.165, 1.54) is 13.2 Å². The van der Waals surface area contributed by atoms with Gasteiger partial charge in [-0.3, -0.25) is 0 Å². The summed E-state index contributed by atoms with van der Waals surface area (Å²) in [5, 5.41) is 0. The fourth-order valence-electron chi connectivity index (χ4n) is 1.84. The Morgan fingerprint density at radius 2 is 1.95 bits per heavy atom. The lowest BCUT2D eigenvalue weighted by molar-refractivity contribution is 0.0600. The molecule has 2 nitrogen and oxygen atoms in total. The number of methoxy groups -OCH3 is 1. The molecule has 0 bridgehead atoms. The maximum atomic E-state index is 14.0. The van der Waals surface area contributed by atoms with Gasteiger partial charge < -0.3 is 4.74 Å². The van der Waals surface area contributed by atoms with Gasteiger partial charge in [-0.25, -0.2) is 9.18 Å². The Bertz CT molecular complexity index is 638. The predicted molar refractivity (Wildman–Crippen MR) is 80.6 cm³/mol. The van der Waals surface area contributed by atoms with Crippen molar-refractivity contribution in [1.29, 1.82) is 0 Å². The second kappa shape index (κ2) is 5.69. The zero-order valence-corrected chi connectivity index (χ0v) is 12.7.